The van der Waals surface area contributed by atoms with Crippen LogP contribution in [-0.4, -0.2) is 37.0 Å². The summed E-state index contributed by atoms with van der Waals surface area (Å²) in [4.78, 5) is 14.6. The molecular weight excluding hydrogens is 276 g/mol. The fourth-order valence-electron chi connectivity index (χ4n) is 2.86. The van der Waals surface area contributed by atoms with Crippen molar-refractivity contribution in [3.63, 3.8) is 0 Å². The summed E-state index contributed by atoms with van der Waals surface area (Å²) >= 11 is 6.00. The zero-order valence-electron chi connectivity index (χ0n) is 11.9. The Hall–Kier alpha value is -1.26. The molecule has 0 aromatic heterocycles. The van der Waals surface area contributed by atoms with Gasteiger partial charge in [-0.1, -0.05) is 18.5 Å². The second-order valence-corrected chi connectivity index (χ2v) is 5.70. The van der Waals surface area contributed by atoms with Gasteiger partial charge in [-0.25, -0.2) is 0 Å². The summed E-state index contributed by atoms with van der Waals surface area (Å²) in [6.07, 6.45) is 2.12. The van der Waals surface area contributed by atoms with Gasteiger partial charge in [0.15, 0.2) is 0 Å². The Morgan fingerprint density at radius 3 is 2.95 bits per heavy atom. The van der Waals surface area contributed by atoms with Gasteiger partial charge in [0.2, 0.25) is 0 Å². The molecule has 1 amide bonds. The fraction of sp³-hybridized carbons (Fsp3) is 0.533. The van der Waals surface area contributed by atoms with Crippen LogP contribution in [0.25, 0.3) is 0 Å². The van der Waals surface area contributed by atoms with Gasteiger partial charge in [-0.05, 0) is 37.0 Å². The molecule has 2 atom stereocenters. The van der Waals surface area contributed by atoms with Crippen LogP contribution in [0.2, 0.25) is 5.02 Å². The van der Waals surface area contributed by atoms with Gasteiger partial charge in [0.25, 0.3) is 5.91 Å². The highest BCUT2D eigenvalue weighted by Crippen LogP contribution is 2.29. The third-order valence-electron chi connectivity index (χ3n) is 4.01. The average Bonchev–Trinajstić information content (AvgIpc) is 2.46. The predicted octanol–water partition coefficient (Wildman–Crippen LogP) is 2.55. The standard InChI is InChI=1S/C15H21ClN2O2/c1-10-4-3-7-18(13(10)9-17)15(19)12-8-11(16)5-6-14(12)20-2/h5-6,8,10,13H,3-4,7,9,17H2,1-2H3. The largest absolute Gasteiger partial charge is 0.496 e. The topological polar surface area (TPSA) is 55.6 Å². The summed E-state index contributed by atoms with van der Waals surface area (Å²) in [5.74, 6) is 0.919. The minimum Gasteiger partial charge on any atom is -0.496 e. The van der Waals surface area contributed by atoms with E-state index in [1.165, 1.54) is 0 Å². The van der Waals surface area contributed by atoms with Gasteiger partial charge in [-0.2, -0.15) is 0 Å². The molecule has 2 rings (SSSR count). The molecule has 0 radical (unpaired) electrons. The number of likely N-dealkylation sites (tertiary alicyclic amines) is 1. The van der Waals surface area contributed by atoms with Crippen molar-refractivity contribution in [2.24, 2.45) is 11.7 Å². The van der Waals surface area contributed by atoms with Gasteiger partial charge in [-0.15, -0.1) is 0 Å². The predicted molar refractivity (Wildman–Crippen MR) is 80.3 cm³/mol. The first-order chi connectivity index (χ1) is 9.58. The van der Waals surface area contributed by atoms with Crippen molar-refractivity contribution in [2.75, 3.05) is 20.2 Å². The van der Waals surface area contributed by atoms with Crippen molar-refractivity contribution in [1.29, 1.82) is 0 Å². The number of ether oxygens (including phenoxy) is 1. The van der Waals surface area contributed by atoms with E-state index in [1.807, 2.05) is 4.90 Å². The van der Waals surface area contributed by atoms with Crippen molar-refractivity contribution in [1.82, 2.24) is 4.90 Å². The van der Waals surface area contributed by atoms with Crippen molar-refractivity contribution in [2.45, 2.75) is 25.8 Å². The molecule has 1 aliphatic rings. The lowest BCUT2D eigenvalue weighted by Crippen LogP contribution is -2.51. The number of hydrogen-bond donors (Lipinski definition) is 1. The zero-order valence-corrected chi connectivity index (χ0v) is 12.7. The summed E-state index contributed by atoms with van der Waals surface area (Å²) < 4.78 is 5.27. The number of rotatable bonds is 3. The molecule has 110 valence electrons. The maximum absolute atomic E-state index is 12.8. The molecule has 1 aromatic rings. The van der Waals surface area contributed by atoms with Crippen LogP contribution in [0.1, 0.15) is 30.1 Å². The first-order valence-corrected chi connectivity index (χ1v) is 7.30. The average molecular weight is 297 g/mol. The molecule has 5 heteroatoms. The lowest BCUT2D eigenvalue weighted by molar-refractivity contribution is 0.0529. The van der Waals surface area contributed by atoms with E-state index in [-0.39, 0.29) is 11.9 Å². The number of carbonyl (C=O) groups excluding carboxylic acids is 1. The van der Waals surface area contributed by atoms with Gasteiger partial charge < -0.3 is 15.4 Å². The van der Waals surface area contributed by atoms with Crippen LogP contribution in [0.5, 0.6) is 5.75 Å². The van der Waals surface area contributed by atoms with Crippen LogP contribution < -0.4 is 10.5 Å². The molecular formula is C15H21ClN2O2. The monoisotopic (exact) mass is 296 g/mol. The summed E-state index contributed by atoms with van der Waals surface area (Å²) in [6.45, 7) is 3.36. The molecule has 1 aromatic carbocycles. The SMILES string of the molecule is COc1ccc(Cl)cc1C(=O)N1CCCC(C)C1CN. The van der Waals surface area contributed by atoms with Crippen molar-refractivity contribution in [3.8, 4) is 5.75 Å². The molecule has 1 fully saturated rings. The van der Waals surface area contributed by atoms with Crippen molar-refractivity contribution >= 4 is 17.5 Å². The van der Waals surface area contributed by atoms with Gasteiger partial charge in [-0.3, -0.25) is 4.79 Å². The number of nitrogens with two attached hydrogens (primary N) is 1. The normalized spacial score (nSPS) is 22.7. The Bertz CT molecular complexity index is 493. The maximum Gasteiger partial charge on any atom is 0.257 e. The first kappa shape index (κ1) is 15.1. The third-order valence-corrected chi connectivity index (χ3v) is 4.25. The first-order valence-electron chi connectivity index (χ1n) is 6.93. The Kier molecular flexibility index (Phi) is 4.89. The number of halogens is 1. The van der Waals surface area contributed by atoms with Crippen LogP contribution in [-0.2, 0) is 0 Å². The second kappa shape index (κ2) is 6.46. The molecule has 1 saturated heterocycles. The Labute approximate surface area is 124 Å². The summed E-state index contributed by atoms with van der Waals surface area (Å²) in [7, 11) is 1.55. The van der Waals surface area contributed by atoms with Crippen LogP contribution in [0.3, 0.4) is 0 Å². The van der Waals surface area contributed by atoms with Gasteiger partial charge in [0, 0.05) is 24.2 Å². The van der Waals surface area contributed by atoms with E-state index in [2.05, 4.69) is 6.92 Å². The molecule has 0 bridgehead atoms. The molecule has 1 aliphatic heterocycles. The molecule has 0 saturated carbocycles. The quantitative estimate of drug-likeness (QED) is 0.932. The Balaban J connectivity index is 2.32. The number of nitrogens with zero attached hydrogens (tertiary/aromatic N) is 1. The third kappa shape index (κ3) is 2.91. The van der Waals surface area contributed by atoms with Gasteiger partial charge >= 0.3 is 0 Å². The van der Waals surface area contributed by atoms with Crippen LogP contribution in [0, 0.1) is 5.92 Å². The molecule has 4 nitrogen and oxygen atoms in total. The minimum atomic E-state index is -0.0497. The van der Waals surface area contributed by atoms with Gasteiger partial charge in [0.05, 0.1) is 12.7 Å². The van der Waals surface area contributed by atoms with E-state index in [1.54, 1.807) is 25.3 Å². The van der Waals surface area contributed by atoms with E-state index >= 15 is 0 Å². The van der Waals surface area contributed by atoms with E-state index in [0.717, 1.165) is 19.4 Å². The van der Waals surface area contributed by atoms with E-state index in [0.29, 0.717) is 28.8 Å². The van der Waals surface area contributed by atoms with E-state index in [9.17, 15) is 4.79 Å². The number of piperidine rings is 1. The smallest absolute Gasteiger partial charge is 0.257 e. The number of carbonyl (C=O) groups is 1. The molecule has 0 spiro atoms. The van der Waals surface area contributed by atoms with E-state index in [4.69, 9.17) is 22.1 Å². The second-order valence-electron chi connectivity index (χ2n) is 5.27. The molecule has 0 aliphatic carbocycles. The number of benzene rings is 1. The number of amides is 1. The maximum atomic E-state index is 12.8. The summed E-state index contributed by atoms with van der Waals surface area (Å²) in [5, 5.41) is 0.531. The number of hydrogen-bond acceptors (Lipinski definition) is 3. The van der Waals surface area contributed by atoms with Crippen molar-refractivity contribution < 1.29 is 9.53 Å². The van der Waals surface area contributed by atoms with E-state index < -0.39 is 0 Å². The number of methoxy groups -OCH3 is 1. The Morgan fingerprint density at radius 1 is 1.55 bits per heavy atom. The molecule has 2 N–H and O–H groups in total. The fourth-order valence-corrected chi connectivity index (χ4v) is 3.03. The summed E-state index contributed by atoms with van der Waals surface area (Å²) in [6, 6.07) is 5.19. The van der Waals surface area contributed by atoms with Crippen LogP contribution in [0.4, 0.5) is 0 Å². The molecule has 20 heavy (non-hydrogen) atoms. The summed E-state index contributed by atoms with van der Waals surface area (Å²) in [5.41, 5.74) is 6.36. The van der Waals surface area contributed by atoms with Gasteiger partial charge in [0.1, 0.15) is 5.75 Å². The lowest BCUT2D eigenvalue weighted by Gasteiger charge is -2.39. The lowest BCUT2D eigenvalue weighted by atomic mass is 9.90. The molecule has 1 heterocycles. The molecule has 2 unspecified atom stereocenters. The van der Waals surface area contributed by atoms with Crippen LogP contribution >= 0.6 is 11.6 Å². The highest BCUT2D eigenvalue weighted by molar-refractivity contribution is 6.31. The Morgan fingerprint density at radius 2 is 2.30 bits per heavy atom. The van der Waals surface area contributed by atoms with Crippen LogP contribution in [0.15, 0.2) is 18.2 Å². The highest BCUT2D eigenvalue weighted by Gasteiger charge is 2.32. The minimum absolute atomic E-state index is 0.0497. The van der Waals surface area contributed by atoms with Crippen molar-refractivity contribution in [3.05, 3.63) is 28.8 Å². The zero-order chi connectivity index (χ0) is 14.7. The highest BCUT2D eigenvalue weighted by atomic mass is 35.5.